The van der Waals surface area contributed by atoms with Crippen LogP contribution in [0.15, 0.2) is 160 Å². The molecule has 0 spiro atoms. The van der Waals surface area contributed by atoms with Crippen LogP contribution >= 0.6 is 0 Å². The molecule has 0 saturated heterocycles. The summed E-state index contributed by atoms with van der Waals surface area (Å²) in [5.74, 6) is 4.78. The second kappa shape index (κ2) is 24.2. The number of carbonyl (C=O) groups excluding carboxylic acids is 1. The first kappa shape index (κ1) is 63.2. The Kier molecular flexibility index (Phi) is 15.9. The number of oxazole rings is 1. The Morgan fingerprint density at radius 1 is 0.490 bits per heavy atom. The van der Waals surface area contributed by atoms with Gasteiger partial charge in [-0.25, -0.2) is 15.0 Å². The van der Waals surface area contributed by atoms with E-state index in [4.69, 9.17) is 47.3 Å². The summed E-state index contributed by atoms with van der Waals surface area (Å²) in [4.78, 5) is 49.1. The van der Waals surface area contributed by atoms with Gasteiger partial charge in [-0.15, -0.1) is 10.2 Å². The van der Waals surface area contributed by atoms with Crippen LogP contribution in [0.2, 0.25) is 0 Å². The quantitative estimate of drug-likeness (QED) is 0.0948. The van der Waals surface area contributed by atoms with Gasteiger partial charge in [0.05, 0.1) is 0 Å². The van der Waals surface area contributed by atoms with Crippen LogP contribution in [0.1, 0.15) is 128 Å². The number of aryl methyl sites for hydroxylation is 5. The summed E-state index contributed by atoms with van der Waals surface area (Å²) >= 11 is 0. The third kappa shape index (κ3) is 11.9. The molecule has 9 aromatic rings. The zero-order chi connectivity index (χ0) is 67.2. The molecule has 488 valence electrons. The number of ether oxygens (including phenoxy) is 4. The van der Waals surface area contributed by atoms with Crippen LogP contribution < -0.4 is 29.8 Å². The number of aliphatic hydroxyl groups excluding tert-OH is 1. The number of benzene rings is 10. The van der Waals surface area contributed by atoms with Gasteiger partial charge in [0.1, 0.15) is 79.0 Å². The molecule has 1 aromatic heterocycles. The van der Waals surface area contributed by atoms with Crippen molar-refractivity contribution in [2.75, 3.05) is 6.61 Å². The minimum Gasteiger partial charge on any atom is -0.505 e. The third-order valence-corrected chi connectivity index (χ3v) is 18.5. The number of aromatic nitrogens is 3. The molecule has 0 bridgehead atoms. The second-order valence-electron chi connectivity index (χ2n) is 27.9. The van der Waals surface area contributed by atoms with Crippen LogP contribution in [-0.4, -0.2) is 60.1 Å². The lowest BCUT2D eigenvalue weighted by molar-refractivity contribution is -0.116. The first-order chi connectivity index (χ1) is 45.9. The van der Waals surface area contributed by atoms with Crippen molar-refractivity contribution < 1.29 is 47.2 Å². The highest BCUT2D eigenvalue weighted by Gasteiger charge is 2.36. The van der Waals surface area contributed by atoms with E-state index in [-0.39, 0.29) is 45.6 Å². The lowest BCUT2D eigenvalue weighted by Crippen LogP contribution is -2.32. The molecule has 17 nitrogen and oxygen atoms in total. The number of hydrogen-bond donors (Lipinski definition) is 2. The Labute approximate surface area is 553 Å². The minimum absolute atomic E-state index is 0.0502. The number of amides is 1. The molecule has 0 fully saturated rings. The summed E-state index contributed by atoms with van der Waals surface area (Å²) in [6.07, 6.45) is 8.23. The maximum absolute atomic E-state index is 11.9. The molecule has 6 aliphatic heterocycles. The predicted molar refractivity (Wildman–Crippen MR) is 373 cm³/mol. The standard InChI is InChI=1S/C22H19NO3.C21H17NO3.C19H21NO3.C17H18N2O3/c1-12-10-13(24)11-17-18(12)23-19-14-6-4-5-7-15(14)20-16(21(19)25-17)8-9-22(2,3)26-20;1-21(2)10-9-15-19(25-21)14-6-4-3-5-13(14)18-20(15)24-17-11-12(23)7-8-16(17)22-18;1-19(2)10-9-14-17(23-19)13-7-4-3-6-12(13)16-18(14)22-15(20-16)8-5-11-21;1-10(20)18-19-14-11-6-4-5-7-12(11)16-13(15(14)21)8-9-17(2,3)22-16/h4-7,10-11H,8-9H2,1-3H3;3-8,11H,9-10H2,1-2H3;3-4,6-7,21H,5,8-11H2,1-2H3;4-7,21H,8-9H2,1-3H3. The number of aromatic hydroxyl groups is 1. The molecule has 8 aromatic carbocycles. The van der Waals surface area contributed by atoms with Gasteiger partial charge in [-0.2, -0.15) is 0 Å². The van der Waals surface area contributed by atoms with Crippen molar-refractivity contribution in [1.82, 2.24) is 15.0 Å². The molecule has 17 rings (SSSR count). The van der Waals surface area contributed by atoms with Gasteiger partial charge >= 0.3 is 0 Å². The molecule has 2 aliphatic carbocycles. The summed E-state index contributed by atoms with van der Waals surface area (Å²) in [6.45, 7) is 20.1. The number of azo groups is 1. The molecular weight excluding hydrogens is 1210 g/mol. The summed E-state index contributed by atoms with van der Waals surface area (Å²) in [6, 6.07) is 39.9. The number of carbonyl (C=O) groups is 1. The average molecular weight is 1290 g/mol. The van der Waals surface area contributed by atoms with Crippen molar-refractivity contribution in [2.45, 2.75) is 156 Å². The fourth-order valence-corrected chi connectivity index (χ4v) is 13.6. The Morgan fingerprint density at radius 2 is 0.896 bits per heavy atom. The highest BCUT2D eigenvalue weighted by Crippen LogP contribution is 2.51. The third-order valence-electron chi connectivity index (χ3n) is 18.5. The number of phenols is 1. The molecule has 0 unspecified atom stereocenters. The van der Waals surface area contributed by atoms with E-state index in [1.807, 2.05) is 87.5 Å². The number of nitrogens with zero attached hydrogens (tertiary/aromatic N) is 5. The maximum Gasteiger partial charge on any atom is 0.261 e. The van der Waals surface area contributed by atoms with Crippen molar-refractivity contribution in [1.29, 1.82) is 0 Å². The van der Waals surface area contributed by atoms with E-state index >= 15 is 0 Å². The molecule has 1 amide bonds. The van der Waals surface area contributed by atoms with Crippen LogP contribution in [0.4, 0.5) is 5.69 Å². The number of aliphatic hydroxyl groups is 1. The van der Waals surface area contributed by atoms with E-state index in [2.05, 4.69) is 87.1 Å². The second-order valence-corrected chi connectivity index (χ2v) is 27.9. The zero-order valence-corrected chi connectivity index (χ0v) is 55.6. The number of hydrogen-bond acceptors (Lipinski definition) is 16. The smallest absolute Gasteiger partial charge is 0.261 e. The predicted octanol–water partition coefficient (Wildman–Crippen LogP) is 17.7. The first-order valence-corrected chi connectivity index (χ1v) is 32.9. The van der Waals surface area contributed by atoms with Crippen LogP contribution in [-0.2, 0) is 36.9 Å². The van der Waals surface area contributed by atoms with E-state index in [1.165, 1.54) is 25.1 Å². The SMILES string of the molecule is CC(=O)N=Nc1c(O)c2c(c3ccccc13)OC(C)(C)CC2.CC1(C)CCc2c(c3ccccc3c3nc(CCCO)oc23)O1.CC1(C)CCc2c(c3ccccc3c3nc4ccc(=O)cc-4oc23)O1.Cc1cc(=O)cc2oc3c4c(c5ccccc5c3nc1-2)OC(C)(C)CC4. The van der Waals surface area contributed by atoms with Crippen molar-refractivity contribution in [3.63, 3.8) is 0 Å². The molecule has 2 N–H and O–H groups in total. The number of fused-ring (bicyclic) bond motifs is 23. The molecule has 7 heterocycles. The van der Waals surface area contributed by atoms with Crippen LogP contribution in [0, 0.1) is 6.92 Å². The van der Waals surface area contributed by atoms with E-state index in [1.54, 1.807) is 12.1 Å². The highest BCUT2D eigenvalue weighted by molar-refractivity contribution is 6.11. The Balaban J connectivity index is 0.000000110. The van der Waals surface area contributed by atoms with Gasteiger partial charge in [-0.05, 0) is 144 Å². The van der Waals surface area contributed by atoms with Gasteiger partial charge in [0, 0.05) is 97.4 Å². The van der Waals surface area contributed by atoms with E-state index in [0.29, 0.717) is 53.8 Å². The minimum atomic E-state index is -0.404. The maximum atomic E-state index is 11.9. The van der Waals surface area contributed by atoms with Gasteiger partial charge in [-0.3, -0.25) is 14.4 Å². The monoisotopic (exact) mass is 1290 g/mol. The fraction of sp³-hybridized carbons (Fsp3) is 0.316. The first-order valence-electron chi connectivity index (χ1n) is 32.9. The number of rotatable bonds is 4. The summed E-state index contributed by atoms with van der Waals surface area (Å²) in [5.41, 5.74) is 10.4. The molecule has 17 heteroatoms. The Bertz CT molecular complexity index is 5390. The lowest BCUT2D eigenvalue weighted by atomic mass is 9.90. The average Bonchev–Trinajstić information content (AvgIpc) is 1.07. The molecule has 8 aliphatic rings. The largest absolute Gasteiger partial charge is 0.505 e. The number of phenolic OH excluding ortho intramolecular Hbond substituents is 1. The molecule has 0 atom stereocenters. The molecular formula is C79H75N5O12. The van der Waals surface area contributed by atoms with Crippen molar-refractivity contribution >= 4 is 88.0 Å². The van der Waals surface area contributed by atoms with E-state index in [0.717, 1.165) is 172 Å². The van der Waals surface area contributed by atoms with Crippen molar-refractivity contribution in [3.8, 4) is 51.7 Å². The summed E-state index contributed by atoms with van der Waals surface area (Å²) in [7, 11) is 0. The van der Waals surface area contributed by atoms with Gasteiger partial charge in [0.25, 0.3) is 5.91 Å². The summed E-state index contributed by atoms with van der Waals surface area (Å²) < 4.78 is 43.5. The van der Waals surface area contributed by atoms with Gasteiger partial charge < -0.3 is 42.4 Å². The normalized spacial score (nSPS) is 16.2. The van der Waals surface area contributed by atoms with Crippen molar-refractivity contribution in [3.05, 3.63) is 182 Å². The van der Waals surface area contributed by atoms with E-state index < -0.39 is 5.91 Å². The topological polar surface area (TPSA) is 231 Å². The van der Waals surface area contributed by atoms with Gasteiger partial charge in [-0.1, -0.05) is 97.1 Å². The molecule has 0 saturated carbocycles. The van der Waals surface area contributed by atoms with E-state index in [9.17, 15) is 19.5 Å². The highest BCUT2D eigenvalue weighted by atomic mass is 16.5. The zero-order valence-electron chi connectivity index (χ0n) is 55.6. The fourth-order valence-electron chi connectivity index (χ4n) is 13.6. The Morgan fingerprint density at radius 3 is 1.39 bits per heavy atom. The van der Waals surface area contributed by atoms with Crippen LogP contribution in [0.5, 0.6) is 28.7 Å². The molecule has 0 radical (unpaired) electrons. The van der Waals surface area contributed by atoms with Crippen molar-refractivity contribution in [2.24, 2.45) is 10.2 Å². The lowest BCUT2D eigenvalue weighted by Gasteiger charge is -2.34. The summed E-state index contributed by atoms with van der Waals surface area (Å²) in [5, 5.41) is 35.0. The van der Waals surface area contributed by atoms with Gasteiger partial charge in [0.2, 0.25) is 0 Å². The van der Waals surface area contributed by atoms with Crippen LogP contribution in [0.25, 0.3) is 99.3 Å². The molecule has 96 heavy (non-hydrogen) atoms. The van der Waals surface area contributed by atoms with Crippen LogP contribution in [0.3, 0.4) is 0 Å². The Hall–Kier alpha value is -10.3. The van der Waals surface area contributed by atoms with Gasteiger partial charge in [0.15, 0.2) is 50.8 Å².